The first-order chi connectivity index (χ1) is 8.17. The van der Waals surface area contributed by atoms with Gasteiger partial charge in [-0.15, -0.1) is 0 Å². The van der Waals surface area contributed by atoms with Crippen LogP contribution in [0, 0.1) is 11.8 Å². The quantitative estimate of drug-likeness (QED) is 0.653. The molecule has 0 aliphatic heterocycles. The number of amides is 1. The number of carbonyl (C=O) groups excluding carboxylic acids is 1. The zero-order valence-corrected chi connectivity index (χ0v) is 10.7. The molecule has 0 saturated heterocycles. The van der Waals surface area contributed by atoms with E-state index in [9.17, 15) is 9.90 Å². The molecule has 4 nitrogen and oxygen atoms in total. The van der Waals surface area contributed by atoms with Crippen LogP contribution in [0.5, 0.6) is 0 Å². The first kappa shape index (κ1) is 14.5. The molecule has 100 valence electrons. The summed E-state index contributed by atoms with van der Waals surface area (Å²) in [5, 5.41) is 20.6. The number of nitrogens with one attached hydrogen (secondary N) is 1. The van der Waals surface area contributed by atoms with E-state index in [2.05, 4.69) is 12.2 Å². The summed E-state index contributed by atoms with van der Waals surface area (Å²) in [6.07, 6.45) is 5.87. The fourth-order valence-electron chi connectivity index (χ4n) is 2.63. The van der Waals surface area contributed by atoms with Crippen LogP contribution in [0.4, 0.5) is 0 Å². The highest BCUT2D eigenvalue weighted by atomic mass is 16.3. The lowest BCUT2D eigenvalue weighted by Crippen LogP contribution is -2.39. The van der Waals surface area contributed by atoms with Crippen LogP contribution < -0.4 is 5.32 Å². The zero-order chi connectivity index (χ0) is 12.7. The molecule has 0 aromatic heterocycles. The van der Waals surface area contributed by atoms with Crippen LogP contribution in [-0.4, -0.2) is 35.4 Å². The maximum absolute atomic E-state index is 11.9. The van der Waals surface area contributed by atoms with E-state index in [0.717, 1.165) is 19.3 Å². The second-order valence-electron chi connectivity index (χ2n) is 5.10. The molecule has 1 amide bonds. The Kier molecular flexibility index (Phi) is 6.52. The second-order valence-corrected chi connectivity index (χ2v) is 5.10. The molecule has 0 aromatic rings. The molecule has 3 unspecified atom stereocenters. The monoisotopic (exact) mass is 243 g/mol. The molecule has 4 heteroatoms. The maximum Gasteiger partial charge on any atom is 0.223 e. The average Bonchev–Trinajstić information content (AvgIpc) is 2.36. The molecule has 0 radical (unpaired) electrons. The molecule has 1 aliphatic rings. The molecule has 1 aliphatic carbocycles. The van der Waals surface area contributed by atoms with Crippen LogP contribution in [0.3, 0.4) is 0 Å². The summed E-state index contributed by atoms with van der Waals surface area (Å²) in [7, 11) is 0. The van der Waals surface area contributed by atoms with Crippen LogP contribution in [0.1, 0.15) is 45.4 Å². The smallest absolute Gasteiger partial charge is 0.223 e. The van der Waals surface area contributed by atoms with Gasteiger partial charge in [-0.2, -0.15) is 0 Å². The van der Waals surface area contributed by atoms with Crippen molar-refractivity contribution in [1.82, 2.24) is 5.32 Å². The van der Waals surface area contributed by atoms with E-state index in [1.807, 2.05) is 0 Å². The van der Waals surface area contributed by atoms with E-state index < -0.39 is 6.10 Å². The Labute approximate surface area is 103 Å². The van der Waals surface area contributed by atoms with Gasteiger partial charge >= 0.3 is 0 Å². The van der Waals surface area contributed by atoms with Crippen molar-refractivity contribution < 1.29 is 15.0 Å². The maximum atomic E-state index is 11.9. The molecule has 0 spiro atoms. The third kappa shape index (κ3) is 5.04. The molecular weight excluding hydrogens is 218 g/mol. The van der Waals surface area contributed by atoms with Gasteiger partial charge in [0.25, 0.3) is 0 Å². The highest BCUT2D eigenvalue weighted by Gasteiger charge is 2.26. The molecule has 0 heterocycles. The van der Waals surface area contributed by atoms with E-state index in [-0.39, 0.29) is 25.0 Å². The van der Waals surface area contributed by atoms with Crippen LogP contribution >= 0.6 is 0 Å². The summed E-state index contributed by atoms with van der Waals surface area (Å²) in [5.74, 6) is 0.830. The van der Waals surface area contributed by atoms with Crippen LogP contribution in [0.25, 0.3) is 0 Å². The first-order valence-electron chi connectivity index (χ1n) is 6.74. The Morgan fingerprint density at radius 3 is 2.88 bits per heavy atom. The minimum absolute atomic E-state index is 0.0401. The van der Waals surface area contributed by atoms with E-state index in [4.69, 9.17) is 5.11 Å². The van der Waals surface area contributed by atoms with Crippen molar-refractivity contribution in [2.45, 2.75) is 51.6 Å². The number of hydrogen-bond acceptors (Lipinski definition) is 3. The summed E-state index contributed by atoms with van der Waals surface area (Å²) in [6.45, 7) is 2.04. The lowest BCUT2D eigenvalue weighted by Gasteiger charge is -2.28. The minimum atomic E-state index is -0.839. The van der Waals surface area contributed by atoms with Gasteiger partial charge in [-0.05, 0) is 18.8 Å². The lowest BCUT2D eigenvalue weighted by molar-refractivity contribution is -0.127. The lowest BCUT2D eigenvalue weighted by atomic mass is 9.79. The Balaban J connectivity index is 2.30. The van der Waals surface area contributed by atoms with Gasteiger partial charge in [0.1, 0.15) is 0 Å². The number of carbonyl (C=O) groups is 1. The van der Waals surface area contributed by atoms with E-state index >= 15 is 0 Å². The van der Waals surface area contributed by atoms with Gasteiger partial charge in [0.05, 0.1) is 12.7 Å². The van der Waals surface area contributed by atoms with Crippen molar-refractivity contribution in [3.8, 4) is 0 Å². The fourth-order valence-corrected chi connectivity index (χ4v) is 2.63. The van der Waals surface area contributed by atoms with Gasteiger partial charge in [0.15, 0.2) is 0 Å². The Morgan fingerprint density at radius 2 is 2.24 bits per heavy atom. The Bertz CT molecular complexity index is 231. The summed E-state index contributed by atoms with van der Waals surface area (Å²) < 4.78 is 0. The minimum Gasteiger partial charge on any atom is -0.394 e. The summed E-state index contributed by atoms with van der Waals surface area (Å²) >= 11 is 0. The Morgan fingerprint density at radius 1 is 1.47 bits per heavy atom. The predicted octanol–water partition coefficient (Wildman–Crippen LogP) is 1.06. The molecule has 1 saturated carbocycles. The Hall–Kier alpha value is -0.610. The molecular formula is C13H25NO3. The summed E-state index contributed by atoms with van der Waals surface area (Å²) in [4.78, 5) is 11.9. The zero-order valence-electron chi connectivity index (χ0n) is 10.7. The molecule has 17 heavy (non-hydrogen) atoms. The summed E-state index contributed by atoms with van der Waals surface area (Å²) in [5.41, 5.74) is 0. The van der Waals surface area contributed by atoms with Crippen molar-refractivity contribution in [3.05, 3.63) is 0 Å². The first-order valence-corrected chi connectivity index (χ1v) is 6.74. The van der Waals surface area contributed by atoms with Gasteiger partial charge in [0.2, 0.25) is 5.91 Å². The van der Waals surface area contributed by atoms with E-state index in [1.165, 1.54) is 19.3 Å². The van der Waals surface area contributed by atoms with Crippen molar-refractivity contribution >= 4 is 5.91 Å². The van der Waals surface area contributed by atoms with Crippen molar-refractivity contribution in [2.24, 2.45) is 11.8 Å². The van der Waals surface area contributed by atoms with Crippen molar-refractivity contribution in [1.29, 1.82) is 0 Å². The molecule has 0 bridgehead atoms. The molecule has 1 fully saturated rings. The third-order valence-corrected chi connectivity index (χ3v) is 3.57. The highest BCUT2D eigenvalue weighted by Crippen LogP contribution is 2.31. The second kappa shape index (κ2) is 7.67. The van der Waals surface area contributed by atoms with Crippen LogP contribution in [0.15, 0.2) is 0 Å². The van der Waals surface area contributed by atoms with Gasteiger partial charge in [-0.25, -0.2) is 0 Å². The average molecular weight is 243 g/mol. The van der Waals surface area contributed by atoms with E-state index in [1.54, 1.807) is 0 Å². The fraction of sp³-hybridized carbons (Fsp3) is 0.923. The largest absolute Gasteiger partial charge is 0.394 e. The molecule has 1 rings (SSSR count). The van der Waals surface area contributed by atoms with E-state index in [0.29, 0.717) is 5.92 Å². The van der Waals surface area contributed by atoms with Gasteiger partial charge in [0, 0.05) is 12.5 Å². The number of hydrogen-bond donors (Lipinski definition) is 3. The number of aliphatic hydroxyl groups is 2. The molecule has 3 atom stereocenters. The van der Waals surface area contributed by atoms with Crippen molar-refractivity contribution in [3.63, 3.8) is 0 Å². The summed E-state index contributed by atoms with van der Waals surface area (Å²) in [6, 6.07) is 0. The highest BCUT2D eigenvalue weighted by molar-refractivity contribution is 5.78. The normalized spacial score (nSPS) is 26.5. The van der Waals surface area contributed by atoms with Gasteiger partial charge < -0.3 is 15.5 Å². The molecule has 3 N–H and O–H groups in total. The standard InChI is InChI=1S/C13H25NO3/c1-2-4-10-5-3-6-11(7-10)13(17)14-8-12(16)9-15/h10-12,15-16H,2-9H2,1H3,(H,14,17). The SMILES string of the molecule is CCCC1CCCC(C(=O)NCC(O)CO)C1. The molecule has 0 aromatic carbocycles. The third-order valence-electron chi connectivity index (χ3n) is 3.57. The van der Waals surface area contributed by atoms with Crippen molar-refractivity contribution in [2.75, 3.05) is 13.2 Å². The predicted molar refractivity (Wildman–Crippen MR) is 66.5 cm³/mol. The van der Waals surface area contributed by atoms with Crippen LogP contribution in [0.2, 0.25) is 0 Å². The van der Waals surface area contributed by atoms with Gasteiger partial charge in [-0.3, -0.25) is 4.79 Å². The van der Waals surface area contributed by atoms with Gasteiger partial charge in [-0.1, -0.05) is 32.6 Å². The topological polar surface area (TPSA) is 69.6 Å². The number of rotatable bonds is 6. The number of aliphatic hydroxyl groups excluding tert-OH is 2. The van der Waals surface area contributed by atoms with Crippen LogP contribution in [-0.2, 0) is 4.79 Å².